The highest BCUT2D eigenvalue weighted by Crippen LogP contribution is 2.48. The van der Waals surface area contributed by atoms with E-state index in [1.54, 1.807) is 33.1 Å². The first-order chi connectivity index (χ1) is 18.6. The smallest absolute Gasteiger partial charge is 0.339 e. The van der Waals surface area contributed by atoms with Crippen LogP contribution in [0.3, 0.4) is 0 Å². The molecule has 0 saturated carbocycles. The lowest BCUT2D eigenvalue weighted by molar-refractivity contribution is 0.0690. The average Bonchev–Trinajstić information content (AvgIpc) is 2.91. The molecule has 0 heterocycles. The molecule has 0 radical (unpaired) electrons. The molecule has 0 atom stereocenters. The Kier molecular flexibility index (Phi) is 9.93. The summed E-state index contributed by atoms with van der Waals surface area (Å²) in [6.45, 7) is 9.76. The number of azide groups is 1. The fourth-order valence-corrected chi connectivity index (χ4v) is 4.32. The van der Waals surface area contributed by atoms with Gasteiger partial charge < -0.3 is 24.1 Å². The number of halogens is 1. The van der Waals surface area contributed by atoms with Crippen LogP contribution in [-0.2, 0) is 6.61 Å². The van der Waals surface area contributed by atoms with Crippen molar-refractivity contribution in [1.82, 2.24) is 0 Å². The lowest BCUT2D eigenvalue weighted by atomic mass is 10.00. The van der Waals surface area contributed by atoms with Crippen molar-refractivity contribution in [3.8, 4) is 28.7 Å². The summed E-state index contributed by atoms with van der Waals surface area (Å²) in [5.41, 5.74) is 12.8. The zero-order valence-electron chi connectivity index (χ0n) is 22.9. The Balaban J connectivity index is 2.16. The third kappa shape index (κ3) is 6.69. The molecule has 39 heavy (non-hydrogen) atoms. The van der Waals surface area contributed by atoms with Crippen LogP contribution in [-0.4, -0.2) is 31.3 Å². The van der Waals surface area contributed by atoms with Gasteiger partial charge in [0.2, 0.25) is 0 Å². The first kappa shape index (κ1) is 29.5. The monoisotopic (exact) mass is 553 g/mol. The molecular weight excluding hydrogens is 522 g/mol. The summed E-state index contributed by atoms with van der Waals surface area (Å²) in [5, 5.41) is 14.4. The minimum atomic E-state index is -1.16. The van der Waals surface area contributed by atoms with Crippen LogP contribution in [0.4, 0.5) is 0 Å². The van der Waals surface area contributed by atoms with Gasteiger partial charge in [-0.3, -0.25) is 0 Å². The van der Waals surface area contributed by atoms with Gasteiger partial charge in [0, 0.05) is 33.2 Å². The molecule has 0 spiro atoms. The first-order valence-corrected chi connectivity index (χ1v) is 12.7. The van der Waals surface area contributed by atoms with Crippen LogP contribution >= 0.6 is 11.6 Å². The molecule has 0 bridgehead atoms. The number of ether oxygens (including phenoxy) is 4. The molecule has 0 aliphatic carbocycles. The van der Waals surface area contributed by atoms with Crippen LogP contribution < -0.4 is 18.9 Å². The number of rotatable bonds is 12. The molecule has 3 aromatic carbocycles. The maximum absolute atomic E-state index is 12.5. The van der Waals surface area contributed by atoms with E-state index in [2.05, 4.69) is 10.0 Å². The number of carboxylic acid groups (broad SMARTS) is 1. The molecule has 0 aliphatic rings. The van der Waals surface area contributed by atoms with Gasteiger partial charge in [0.1, 0.15) is 29.4 Å². The summed E-state index contributed by atoms with van der Waals surface area (Å²) in [6, 6.07) is 9.04. The minimum absolute atomic E-state index is 0.0205. The molecule has 1 N–H and O–H groups in total. The van der Waals surface area contributed by atoms with Crippen molar-refractivity contribution in [3.63, 3.8) is 0 Å². The van der Waals surface area contributed by atoms with Gasteiger partial charge in [-0.1, -0.05) is 28.8 Å². The fourth-order valence-electron chi connectivity index (χ4n) is 4.19. The number of hydrogen-bond acceptors (Lipinski definition) is 6. The summed E-state index contributed by atoms with van der Waals surface area (Å²) >= 11 is 5.99. The van der Waals surface area contributed by atoms with Gasteiger partial charge in [-0.25, -0.2) is 4.79 Å². The number of aryl methyl sites for hydroxylation is 1. The van der Waals surface area contributed by atoms with E-state index in [-0.39, 0.29) is 36.8 Å². The lowest BCUT2D eigenvalue weighted by Crippen LogP contribution is -2.12. The third-order valence-electron chi connectivity index (χ3n) is 6.47. The van der Waals surface area contributed by atoms with Gasteiger partial charge >= 0.3 is 5.97 Å². The van der Waals surface area contributed by atoms with Crippen LogP contribution in [0.25, 0.3) is 10.4 Å². The number of carboxylic acids is 1. The van der Waals surface area contributed by atoms with Crippen LogP contribution in [0.5, 0.6) is 28.7 Å². The van der Waals surface area contributed by atoms with Gasteiger partial charge in [-0.2, -0.15) is 0 Å². The van der Waals surface area contributed by atoms with Crippen molar-refractivity contribution < 1.29 is 28.8 Å². The largest absolute Gasteiger partial charge is 0.496 e. The Hall–Kier alpha value is -4.07. The van der Waals surface area contributed by atoms with Crippen LogP contribution in [0, 0.1) is 34.6 Å². The molecule has 0 fully saturated rings. The summed E-state index contributed by atoms with van der Waals surface area (Å²) in [6.07, 6.45) is 0.458. The number of methoxy groups -OCH3 is 1. The Morgan fingerprint density at radius 2 is 1.64 bits per heavy atom. The van der Waals surface area contributed by atoms with Crippen molar-refractivity contribution in [1.29, 1.82) is 0 Å². The summed E-state index contributed by atoms with van der Waals surface area (Å²) in [5.74, 6) is 0.856. The maximum atomic E-state index is 12.5. The Morgan fingerprint density at radius 1 is 0.949 bits per heavy atom. The van der Waals surface area contributed by atoms with Crippen molar-refractivity contribution in [2.24, 2.45) is 5.11 Å². The van der Waals surface area contributed by atoms with Crippen molar-refractivity contribution in [3.05, 3.63) is 84.7 Å². The van der Waals surface area contributed by atoms with Crippen LogP contribution in [0.2, 0.25) is 5.02 Å². The molecule has 206 valence electrons. The number of hydrogen-bond donors (Lipinski definition) is 1. The number of carbonyl (C=O) groups is 1. The molecular formula is C29H32ClN3O6. The predicted molar refractivity (Wildman–Crippen MR) is 150 cm³/mol. The topological polar surface area (TPSA) is 123 Å². The van der Waals surface area contributed by atoms with E-state index in [0.29, 0.717) is 39.8 Å². The molecule has 0 unspecified atom stereocenters. The number of aromatic carboxylic acids is 1. The molecule has 9 nitrogen and oxygen atoms in total. The van der Waals surface area contributed by atoms with Crippen LogP contribution in [0.15, 0.2) is 35.4 Å². The molecule has 0 amide bonds. The highest BCUT2D eigenvalue weighted by atomic mass is 35.5. The third-order valence-corrected chi connectivity index (χ3v) is 6.72. The molecule has 0 saturated heterocycles. The quantitative estimate of drug-likeness (QED) is 0.105. The summed E-state index contributed by atoms with van der Waals surface area (Å²) < 4.78 is 24.3. The fraction of sp³-hybridized carbons (Fsp3) is 0.345. The molecule has 0 aliphatic heterocycles. The van der Waals surface area contributed by atoms with Crippen molar-refractivity contribution in [2.45, 2.75) is 47.6 Å². The minimum Gasteiger partial charge on any atom is -0.496 e. The Bertz CT molecular complexity index is 1420. The normalized spacial score (nSPS) is 10.5. The molecule has 3 rings (SSSR count). The lowest BCUT2D eigenvalue weighted by Gasteiger charge is -2.24. The zero-order valence-corrected chi connectivity index (χ0v) is 23.7. The van der Waals surface area contributed by atoms with Gasteiger partial charge in [-0.05, 0) is 81.5 Å². The molecule has 0 aromatic heterocycles. The second kappa shape index (κ2) is 13.1. The van der Waals surface area contributed by atoms with Crippen molar-refractivity contribution >= 4 is 17.6 Å². The number of nitrogens with zero attached hydrogens (tertiary/aromatic N) is 3. The summed E-state index contributed by atoms with van der Waals surface area (Å²) in [7, 11) is 1.59. The number of benzene rings is 3. The van der Waals surface area contributed by atoms with Gasteiger partial charge in [0.05, 0.1) is 13.7 Å². The summed E-state index contributed by atoms with van der Waals surface area (Å²) in [4.78, 5) is 15.3. The van der Waals surface area contributed by atoms with E-state index >= 15 is 0 Å². The van der Waals surface area contributed by atoms with E-state index < -0.39 is 5.97 Å². The van der Waals surface area contributed by atoms with Gasteiger partial charge in [0.15, 0.2) is 11.5 Å². The maximum Gasteiger partial charge on any atom is 0.339 e. The van der Waals surface area contributed by atoms with E-state index in [1.165, 1.54) is 0 Å². The molecule has 10 heteroatoms. The second-order valence-corrected chi connectivity index (χ2v) is 9.50. The molecule has 3 aromatic rings. The Morgan fingerprint density at radius 3 is 2.26 bits per heavy atom. The van der Waals surface area contributed by atoms with Crippen LogP contribution in [0.1, 0.15) is 50.2 Å². The van der Waals surface area contributed by atoms with Crippen molar-refractivity contribution in [2.75, 3.05) is 20.3 Å². The SMILES string of the molecule is COc1cc(C)c(C)c(Oc2c(C)c(C(=O)O)c(OCc3ccc(Cl)cc3)c(C)c2OCCCN=[N+]=[N-])c1C. The highest BCUT2D eigenvalue weighted by Gasteiger charge is 2.28. The van der Waals surface area contributed by atoms with E-state index in [0.717, 1.165) is 22.3 Å². The zero-order chi connectivity index (χ0) is 28.7. The second-order valence-electron chi connectivity index (χ2n) is 9.07. The van der Waals surface area contributed by atoms with Gasteiger partial charge in [0.25, 0.3) is 0 Å². The standard InChI is InChI=1S/C29H32ClN3O6/c1-16-14-23(36-6)18(3)25(17(16)2)39-28-19(4)24(29(34)35)26(38-15-21-8-10-22(30)11-9-21)20(5)27(28)37-13-7-12-32-33-31/h8-11,14H,7,12-13,15H2,1-6H3,(H,34,35). The van der Waals surface area contributed by atoms with E-state index in [9.17, 15) is 9.90 Å². The predicted octanol–water partition coefficient (Wildman–Crippen LogP) is 8.04. The van der Waals surface area contributed by atoms with Gasteiger partial charge in [-0.15, -0.1) is 0 Å². The Labute approximate surface area is 232 Å². The highest BCUT2D eigenvalue weighted by molar-refractivity contribution is 6.30. The van der Waals surface area contributed by atoms with E-state index in [4.69, 9.17) is 36.1 Å². The first-order valence-electron chi connectivity index (χ1n) is 12.3. The average molecular weight is 554 g/mol. The van der Waals surface area contributed by atoms with E-state index in [1.807, 2.05) is 39.0 Å².